The van der Waals surface area contributed by atoms with Crippen molar-refractivity contribution in [1.82, 2.24) is 15.5 Å². The van der Waals surface area contributed by atoms with Crippen molar-refractivity contribution in [3.63, 3.8) is 0 Å². The molecule has 7 heteroatoms. The van der Waals surface area contributed by atoms with Gasteiger partial charge in [-0.05, 0) is 61.4 Å². The third kappa shape index (κ3) is 3.45. The Bertz CT molecular complexity index is 1080. The quantitative estimate of drug-likeness (QED) is 0.708. The van der Waals surface area contributed by atoms with Gasteiger partial charge in [0.05, 0.1) is 11.9 Å². The lowest BCUT2D eigenvalue weighted by Gasteiger charge is -2.32. The number of carbonyl (C=O) groups excluding carboxylic acids is 1. The van der Waals surface area contributed by atoms with Crippen molar-refractivity contribution in [2.75, 3.05) is 18.1 Å². The van der Waals surface area contributed by atoms with Crippen LogP contribution < -0.4 is 10.6 Å². The third-order valence-electron chi connectivity index (χ3n) is 5.53. The zero-order chi connectivity index (χ0) is 19.8. The number of rotatable bonds is 3. The number of aromatic nitrogens is 1. The maximum Gasteiger partial charge on any atom is 0.253 e. The first-order valence-corrected chi connectivity index (χ1v) is 9.73. The van der Waals surface area contributed by atoms with E-state index in [1.54, 1.807) is 17.1 Å². The average molecular weight is 392 g/mol. The minimum absolute atomic E-state index is 0.0414. The highest BCUT2D eigenvalue weighted by molar-refractivity contribution is 5.98. The standard InChI is InChI=1S/C22H21FN4O2/c23-18-4-6-19(7-5-18)27-14-21(29-25-27)17-2-1-11-26(13-17)22(28)16-3-8-20-15(12-16)9-10-24-20/h3-10,12,14,17,24-25H,1-2,11,13H2/t17-/m0/s1. The fourth-order valence-electron chi connectivity index (χ4n) is 3.96. The van der Waals surface area contributed by atoms with E-state index in [2.05, 4.69) is 10.6 Å². The summed E-state index contributed by atoms with van der Waals surface area (Å²) in [5.74, 6) is 0.659. The number of hydrazine groups is 1. The van der Waals surface area contributed by atoms with E-state index in [9.17, 15) is 9.18 Å². The van der Waals surface area contributed by atoms with E-state index in [0.29, 0.717) is 12.1 Å². The first-order chi connectivity index (χ1) is 14.2. The average Bonchev–Trinajstić information content (AvgIpc) is 3.43. The van der Waals surface area contributed by atoms with Crippen LogP contribution in [0, 0.1) is 11.7 Å². The molecule has 2 aliphatic rings. The number of halogens is 1. The van der Waals surface area contributed by atoms with Crippen LogP contribution in [-0.2, 0) is 4.84 Å². The second-order valence-electron chi connectivity index (χ2n) is 7.44. The number of amides is 1. The molecule has 3 aromatic rings. The van der Waals surface area contributed by atoms with Gasteiger partial charge >= 0.3 is 0 Å². The van der Waals surface area contributed by atoms with Gasteiger partial charge in [-0.25, -0.2) is 9.40 Å². The number of anilines is 1. The number of hydrogen-bond donors (Lipinski definition) is 2. The number of nitrogens with one attached hydrogen (secondary N) is 2. The Labute approximate surface area is 167 Å². The van der Waals surface area contributed by atoms with Crippen molar-refractivity contribution in [2.45, 2.75) is 12.8 Å². The van der Waals surface area contributed by atoms with Gasteiger partial charge in [-0.3, -0.25) is 4.79 Å². The van der Waals surface area contributed by atoms with Crippen LogP contribution in [0.4, 0.5) is 10.1 Å². The lowest BCUT2D eigenvalue weighted by molar-refractivity contribution is 0.0578. The molecule has 1 atom stereocenters. The molecule has 1 aromatic heterocycles. The molecule has 1 amide bonds. The molecule has 3 heterocycles. The van der Waals surface area contributed by atoms with Crippen LogP contribution in [-0.4, -0.2) is 28.9 Å². The van der Waals surface area contributed by atoms with E-state index in [-0.39, 0.29) is 17.6 Å². The number of aromatic amines is 1. The van der Waals surface area contributed by atoms with Crippen LogP contribution >= 0.6 is 0 Å². The molecule has 148 valence electrons. The smallest absolute Gasteiger partial charge is 0.253 e. The number of fused-ring (bicyclic) bond motifs is 1. The van der Waals surface area contributed by atoms with E-state index < -0.39 is 0 Å². The predicted molar refractivity (Wildman–Crippen MR) is 108 cm³/mol. The molecule has 0 saturated carbocycles. The van der Waals surface area contributed by atoms with Gasteiger partial charge in [-0.1, -0.05) is 5.59 Å². The van der Waals surface area contributed by atoms with Crippen LogP contribution in [0.2, 0.25) is 0 Å². The number of piperidine rings is 1. The molecule has 2 aromatic carbocycles. The maximum absolute atomic E-state index is 13.1. The van der Waals surface area contributed by atoms with E-state index >= 15 is 0 Å². The number of hydrogen-bond acceptors (Lipinski definition) is 4. The number of H-pyrrole nitrogens is 1. The van der Waals surface area contributed by atoms with E-state index in [4.69, 9.17) is 4.84 Å². The van der Waals surface area contributed by atoms with Gasteiger partial charge in [-0.2, -0.15) is 0 Å². The van der Waals surface area contributed by atoms with Crippen LogP contribution in [0.1, 0.15) is 23.2 Å². The molecule has 0 aliphatic carbocycles. The monoisotopic (exact) mass is 392 g/mol. The molecule has 0 spiro atoms. The molecule has 2 aliphatic heterocycles. The SMILES string of the molecule is O=C(c1ccc2[nH]ccc2c1)N1CCC[C@H](C2=CN(c3ccc(F)cc3)NO2)C1. The summed E-state index contributed by atoms with van der Waals surface area (Å²) in [6.07, 6.45) is 5.61. The normalized spacial score (nSPS) is 19.3. The minimum Gasteiger partial charge on any atom is -0.391 e. The van der Waals surface area contributed by atoms with Crippen molar-refractivity contribution in [2.24, 2.45) is 5.92 Å². The van der Waals surface area contributed by atoms with Gasteiger partial charge < -0.3 is 14.7 Å². The van der Waals surface area contributed by atoms with Crippen LogP contribution in [0.5, 0.6) is 0 Å². The molecular weight excluding hydrogens is 371 g/mol. The van der Waals surface area contributed by atoms with E-state index in [0.717, 1.165) is 41.7 Å². The Hall–Kier alpha value is -3.32. The fourth-order valence-corrected chi connectivity index (χ4v) is 3.96. The van der Waals surface area contributed by atoms with Crippen molar-refractivity contribution in [1.29, 1.82) is 0 Å². The Morgan fingerprint density at radius 3 is 2.86 bits per heavy atom. The van der Waals surface area contributed by atoms with Crippen molar-refractivity contribution < 1.29 is 14.0 Å². The highest BCUT2D eigenvalue weighted by Gasteiger charge is 2.31. The topological polar surface area (TPSA) is 60.6 Å². The van der Waals surface area contributed by atoms with Gasteiger partial charge in [0.25, 0.3) is 5.91 Å². The number of likely N-dealkylation sites (tertiary alicyclic amines) is 1. The summed E-state index contributed by atoms with van der Waals surface area (Å²) >= 11 is 0. The summed E-state index contributed by atoms with van der Waals surface area (Å²) in [7, 11) is 0. The third-order valence-corrected chi connectivity index (χ3v) is 5.53. The molecule has 0 unspecified atom stereocenters. The van der Waals surface area contributed by atoms with Gasteiger partial charge in [0.1, 0.15) is 11.6 Å². The Morgan fingerprint density at radius 1 is 1.14 bits per heavy atom. The second-order valence-corrected chi connectivity index (χ2v) is 7.44. The van der Waals surface area contributed by atoms with Crippen LogP contribution in [0.15, 0.2) is 66.7 Å². The minimum atomic E-state index is -0.280. The summed E-state index contributed by atoms with van der Waals surface area (Å²) in [6, 6.07) is 13.9. The Kier molecular flexibility index (Phi) is 4.44. The molecule has 2 N–H and O–H groups in total. The Balaban J connectivity index is 1.30. The predicted octanol–water partition coefficient (Wildman–Crippen LogP) is 3.96. The van der Waals surface area contributed by atoms with E-state index in [1.807, 2.05) is 41.6 Å². The summed E-state index contributed by atoms with van der Waals surface area (Å²) in [4.78, 5) is 23.8. The first-order valence-electron chi connectivity index (χ1n) is 9.73. The first kappa shape index (κ1) is 17.8. The van der Waals surface area contributed by atoms with Crippen molar-refractivity contribution >= 4 is 22.5 Å². The number of nitrogens with zero attached hydrogens (tertiary/aromatic N) is 2. The highest BCUT2D eigenvalue weighted by atomic mass is 19.1. The largest absolute Gasteiger partial charge is 0.391 e. The fraction of sp³-hybridized carbons (Fsp3) is 0.227. The van der Waals surface area contributed by atoms with Crippen molar-refractivity contribution in [3.8, 4) is 0 Å². The molecule has 6 nitrogen and oxygen atoms in total. The molecule has 1 fully saturated rings. The maximum atomic E-state index is 13.1. The van der Waals surface area contributed by atoms with Gasteiger partial charge in [0, 0.05) is 41.7 Å². The van der Waals surface area contributed by atoms with Crippen LogP contribution in [0.25, 0.3) is 10.9 Å². The van der Waals surface area contributed by atoms with Gasteiger partial charge in [0.15, 0.2) is 0 Å². The molecular formula is C22H21FN4O2. The van der Waals surface area contributed by atoms with Gasteiger partial charge in [-0.15, -0.1) is 0 Å². The second kappa shape index (κ2) is 7.25. The molecule has 0 radical (unpaired) electrons. The summed E-state index contributed by atoms with van der Waals surface area (Å²) in [6.45, 7) is 1.34. The lowest BCUT2D eigenvalue weighted by Crippen LogP contribution is -2.40. The molecule has 5 rings (SSSR count). The number of carbonyl (C=O) groups is 1. The zero-order valence-electron chi connectivity index (χ0n) is 15.8. The molecule has 1 saturated heterocycles. The van der Waals surface area contributed by atoms with Gasteiger partial charge in [0.2, 0.25) is 0 Å². The zero-order valence-corrected chi connectivity index (χ0v) is 15.8. The van der Waals surface area contributed by atoms with Crippen molar-refractivity contribution in [3.05, 3.63) is 78.1 Å². The van der Waals surface area contributed by atoms with E-state index in [1.165, 1.54) is 12.1 Å². The summed E-state index contributed by atoms with van der Waals surface area (Å²) in [5, 5.41) is 2.75. The Morgan fingerprint density at radius 2 is 2.00 bits per heavy atom. The molecule has 29 heavy (non-hydrogen) atoms. The summed E-state index contributed by atoms with van der Waals surface area (Å²) < 4.78 is 13.1. The number of benzene rings is 2. The highest BCUT2D eigenvalue weighted by Crippen LogP contribution is 2.29. The van der Waals surface area contributed by atoms with Crippen LogP contribution in [0.3, 0.4) is 0 Å². The lowest BCUT2D eigenvalue weighted by atomic mass is 9.95. The summed E-state index contributed by atoms with van der Waals surface area (Å²) in [5.41, 5.74) is 5.35. The molecule has 0 bridgehead atoms.